The van der Waals surface area contributed by atoms with Gasteiger partial charge in [-0.15, -0.1) is 0 Å². The van der Waals surface area contributed by atoms with Crippen molar-refractivity contribution in [3.63, 3.8) is 0 Å². The van der Waals surface area contributed by atoms with Crippen LogP contribution in [0.25, 0.3) is 0 Å². The summed E-state index contributed by atoms with van der Waals surface area (Å²) >= 11 is 0. The van der Waals surface area contributed by atoms with Crippen molar-refractivity contribution in [3.8, 4) is 0 Å². The van der Waals surface area contributed by atoms with E-state index < -0.39 is 0 Å². The molecule has 0 bridgehead atoms. The lowest BCUT2D eigenvalue weighted by Gasteiger charge is -2.19. The zero-order valence-corrected chi connectivity index (χ0v) is 9.39. The number of aromatic nitrogens is 1. The summed E-state index contributed by atoms with van der Waals surface area (Å²) in [6.45, 7) is 9.38. The van der Waals surface area contributed by atoms with Crippen molar-refractivity contribution in [2.75, 3.05) is 17.6 Å². The van der Waals surface area contributed by atoms with Crippen LogP contribution in [0.15, 0.2) is 12.3 Å². The summed E-state index contributed by atoms with van der Waals surface area (Å²) in [5, 5.41) is 3.26. The molecule has 0 aliphatic rings. The number of anilines is 2. The number of aryl methyl sites for hydroxylation is 1. The molecule has 3 heteroatoms. The molecule has 1 rings (SSSR count). The number of hydrogen-bond acceptors (Lipinski definition) is 3. The molecule has 0 aliphatic carbocycles. The van der Waals surface area contributed by atoms with E-state index in [0.29, 0.717) is 0 Å². The maximum Gasteiger partial charge on any atom is 0.127 e. The summed E-state index contributed by atoms with van der Waals surface area (Å²) in [5.74, 6) is 0.850. The van der Waals surface area contributed by atoms with Crippen LogP contribution in [-0.2, 0) is 0 Å². The van der Waals surface area contributed by atoms with E-state index in [1.807, 2.05) is 13.0 Å². The molecule has 3 N–H and O–H groups in total. The molecule has 0 amide bonds. The fraction of sp³-hybridized carbons (Fsp3) is 0.545. The van der Waals surface area contributed by atoms with E-state index in [1.165, 1.54) is 0 Å². The van der Waals surface area contributed by atoms with Crippen molar-refractivity contribution < 1.29 is 0 Å². The Labute approximate surface area is 85.7 Å². The van der Waals surface area contributed by atoms with Gasteiger partial charge in [0.2, 0.25) is 0 Å². The number of nitrogens with one attached hydrogen (secondary N) is 1. The predicted molar refractivity (Wildman–Crippen MR) is 61.3 cm³/mol. The summed E-state index contributed by atoms with van der Waals surface area (Å²) in [6.07, 6.45) is 1.79. The molecule has 0 atom stereocenters. The van der Waals surface area contributed by atoms with Gasteiger partial charge in [0.25, 0.3) is 0 Å². The van der Waals surface area contributed by atoms with Gasteiger partial charge in [-0.05, 0) is 17.9 Å². The average molecular weight is 193 g/mol. The molecule has 0 spiro atoms. The van der Waals surface area contributed by atoms with E-state index in [0.717, 1.165) is 23.6 Å². The van der Waals surface area contributed by atoms with Crippen LogP contribution in [0.2, 0.25) is 0 Å². The normalized spacial score (nSPS) is 11.4. The van der Waals surface area contributed by atoms with Gasteiger partial charge in [0, 0.05) is 24.5 Å². The summed E-state index contributed by atoms with van der Waals surface area (Å²) in [6, 6.07) is 1.88. The molecular weight excluding hydrogens is 174 g/mol. The van der Waals surface area contributed by atoms with E-state index in [-0.39, 0.29) is 5.41 Å². The number of pyridine rings is 1. The van der Waals surface area contributed by atoms with Crippen molar-refractivity contribution in [2.45, 2.75) is 27.7 Å². The molecule has 1 aromatic heterocycles. The summed E-state index contributed by atoms with van der Waals surface area (Å²) < 4.78 is 0. The third kappa shape index (κ3) is 3.24. The quantitative estimate of drug-likeness (QED) is 0.758. The van der Waals surface area contributed by atoms with Crippen LogP contribution >= 0.6 is 0 Å². The average Bonchev–Trinajstić information content (AvgIpc) is 2.06. The Kier molecular flexibility index (Phi) is 2.99. The maximum atomic E-state index is 5.78. The lowest BCUT2D eigenvalue weighted by atomic mass is 9.97. The third-order valence-corrected chi connectivity index (χ3v) is 1.94. The first kappa shape index (κ1) is 10.8. The molecular formula is C11H19N3. The fourth-order valence-electron chi connectivity index (χ4n) is 0.992. The van der Waals surface area contributed by atoms with Crippen LogP contribution in [0.5, 0.6) is 0 Å². The minimum absolute atomic E-state index is 0.251. The first-order chi connectivity index (χ1) is 6.38. The third-order valence-electron chi connectivity index (χ3n) is 1.94. The van der Waals surface area contributed by atoms with Crippen LogP contribution in [0, 0.1) is 12.3 Å². The Bertz CT molecular complexity index is 313. The molecule has 0 fully saturated rings. The number of nitrogens with two attached hydrogens (primary N) is 1. The van der Waals surface area contributed by atoms with Crippen LogP contribution in [0.1, 0.15) is 26.3 Å². The van der Waals surface area contributed by atoms with Gasteiger partial charge in [0.1, 0.15) is 5.82 Å². The van der Waals surface area contributed by atoms with E-state index in [2.05, 4.69) is 31.1 Å². The minimum atomic E-state index is 0.251. The molecule has 0 aromatic carbocycles. The summed E-state index contributed by atoms with van der Waals surface area (Å²) in [7, 11) is 0. The van der Waals surface area contributed by atoms with E-state index in [1.54, 1.807) is 6.20 Å². The lowest BCUT2D eigenvalue weighted by molar-refractivity contribution is 0.442. The van der Waals surface area contributed by atoms with E-state index in [4.69, 9.17) is 5.73 Å². The highest BCUT2D eigenvalue weighted by Crippen LogP contribution is 2.17. The van der Waals surface area contributed by atoms with Gasteiger partial charge in [0.15, 0.2) is 0 Å². The summed E-state index contributed by atoms with van der Waals surface area (Å²) in [5.41, 5.74) is 7.84. The summed E-state index contributed by atoms with van der Waals surface area (Å²) in [4.78, 5) is 4.25. The molecule has 14 heavy (non-hydrogen) atoms. The molecule has 1 aromatic rings. The van der Waals surface area contributed by atoms with Crippen LogP contribution < -0.4 is 11.1 Å². The van der Waals surface area contributed by atoms with Gasteiger partial charge in [-0.1, -0.05) is 20.8 Å². The largest absolute Gasteiger partial charge is 0.398 e. The second-order valence-corrected chi connectivity index (χ2v) is 4.84. The van der Waals surface area contributed by atoms with Gasteiger partial charge in [-0.25, -0.2) is 4.98 Å². The van der Waals surface area contributed by atoms with Gasteiger partial charge in [0.05, 0.1) is 0 Å². The number of nitrogen functional groups attached to an aromatic ring is 1. The maximum absolute atomic E-state index is 5.78. The van der Waals surface area contributed by atoms with Crippen LogP contribution in [-0.4, -0.2) is 11.5 Å². The highest BCUT2D eigenvalue weighted by molar-refractivity contribution is 5.53. The Morgan fingerprint density at radius 2 is 2.07 bits per heavy atom. The van der Waals surface area contributed by atoms with Crippen LogP contribution in [0.3, 0.4) is 0 Å². The molecule has 0 aliphatic heterocycles. The van der Waals surface area contributed by atoms with Crippen molar-refractivity contribution in [1.82, 2.24) is 4.98 Å². The molecule has 1 heterocycles. The zero-order valence-electron chi connectivity index (χ0n) is 9.39. The van der Waals surface area contributed by atoms with Gasteiger partial charge in [-0.2, -0.15) is 0 Å². The highest BCUT2D eigenvalue weighted by Gasteiger charge is 2.09. The molecule has 0 saturated carbocycles. The van der Waals surface area contributed by atoms with Gasteiger partial charge >= 0.3 is 0 Å². The van der Waals surface area contributed by atoms with Crippen molar-refractivity contribution >= 4 is 11.5 Å². The van der Waals surface area contributed by atoms with Gasteiger partial charge in [-0.3, -0.25) is 0 Å². The molecule has 0 radical (unpaired) electrons. The minimum Gasteiger partial charge on any atom is -0.398 e. The van der Waals surface area contributed by atoms with E-state index in [9.17, 15) is 0 Å². The topological polar surface area (TPSA) is 50.9 Å². The first-order valence-electron chi connectivity index (χ1n) is 4.84. The number of rotatable bonds is 2. The molecule has 3 nitrogen and oxygen atoms in total. The second-order valence-electron chi connectivity index (χ2n) is 4.84. The van der Waals surface area contributed by atoms with Crippen molar-refractivity contribution in [3.05, 3.63) is 17.8 Å². The molecule has 78 valence electrons. The van der Waals surface area contributed by atoms with E-state index >= 15 is 0 Å². The molecule has 0 unspecified atom stereocenters. The lowest BCUT2D eigenvalue weighted by Crippen LogP contribution is -2.19. The highest BCUT2D eigenvalue weighted by atomic mass is 15.0. The van der Waals surface area contributed by atoms with Crippen molar-refractivity contribution in [1.29, 1.82) is 0 Å². The Hall–Kier alpha value is -1.25. The SMILES string of the molecule is Cc1cnc(NCC(C)(C)C)cc1N. The second kappa shape index (κ2) is 3.86. The standard InChI is InChI=1S/C11H19N3/c1-8-6-13-10(5-9(8)12)14-7-11(2,3)4/h5-6H,7H2,1-4H3,(H3,12,13,14). The predicted octanol–water partition coefficient (Wildman–Crippen LogP) is 2.43. The Morgan fingerprint density at radius 1 is 1.43 bits per heavy atom. The Balaban J connectivity index is 2.65. The smallest absolute Gasteiger partial charge is 0.127 e. The Morgan fingerprint density at radius 3 is 2.57 bits per heavy atom. The monoisotopic (exact) mass is 193 g/mol. The van der Waals surface area contributed by atoms with Gasteiger partial charge < -0.3 is 11.1 Å². The molecule has 0 saturated heterocycles. The van der Waals surface area contributed by atoms with Crippen molar-refractivity contribution in [2.24, 2.45) is 5.41 Å². The first-order valence-corrected chi connectivity index (χ1v) is 4.84. The number of nitrogens with zero attached hydrogens (tertiary/aromatic N) is 1. The zero-order chi connectivity index (χ0) is 10.8. The fourth-order valence-corrected chi connectivity index (χ4v) is 0.992. The van der Waals surface area contributed by atoms with Crippen LogP contribution in [0.4, 0.5) is 11.5 Å². The number of hydrogen-bond donors (Lipinski definition) is 2.